The Morgan fingerprint density at radius 2 is 0.688 bits per heavy atom. The first-order chi connectivity index (χ1) is 39.4. The summed E-state index contributed by atoms with van der Waals surface area (Å²) < 4.78 is 44.9. The molecule has 0 amide bonds. The molecule has 456 valence electrons. The monoisotopic (exact) mass is 1920 g/mol. The van der Waals surface area contributed by atoms with Gasteiger partial charge in [-0.05, 0) is 393 Å². The van der Waals surface area contributed by atoms with Crippen molar-refractivity contribution < 1.29 is 28.4 Å². The van der Waals surface area contributed by atoms with E-state index in [9.17, 15) is 0 Å². The van der Waals surface area contributed by atoms with Crippen molar-refractivity contribution in [1.82, 2.24) is 0 Å². The lowest BCUT2D eigenvalue weighted by Gasteiger charge is -2.50. The third-order valence-electron chi connectivity index (χ3n) is 10.1. The molecule has 9 saturated heterocycles. The van der Waals surface area contributed by atoms with Crippen LogP contribution in [0.1, 0.15) is 25.7 Å². The summed E-state index contributed by atoms with van der Waals surface area (Å²) in [4.78, 5) is 0. The Labute approximate surface area is 616 Å². The summed E-state index contributed by atoms with van der Waals surface area (Å²) in [6.07, 6.45) is -2.39. The van der Waals surface area contributed by atoms with Gasteiger partial charge in [-0.3, -0.25) is 0 Å². The molecule has 9 aliphatic rings. The van der Waals surface area contributed by atoms with Crippen LogP contribution in [0.4, 0.5) is 0 Å². The first kappa shape index (κ1) is 80.9. The van der Waals surface area contributed by atoms with Crippen LogP contribution in [0.15, 0.2) is 0 Å². The number of hydrogen-bond donors (Lipinski definition) is 0. The number of rotatable bonds is 12. The molecule has 0 N–H and O–H groups in total. The standard InChI is InChI=1S/C29H34O6S45/c36-6-2-22-25-17(11-47-60-54-39)19(13-51-61-66-55-40)28(32-22)35-27-18(12-50-62-71-67-56-41)20(14-52-65-72-75-68-57-42)29(33-24(27)3-7-45-37)34-26-16(10-49-64-73-78-76-69-58-43)15(9-48-63-74-79-80-77-70-59-44)21(1-5-30-25)31-23(26)4-8-46-53-38/h6-29H,1-5H2. The van der Waals surface area contributed by atoms with Gasteiger partial charge in [0, 0.05) is 61.4 Å². The highest BCUT2D eigenvalue weighted by molar-refractivity contribution is 8.73. The van der Waals surface area contributed by atoms with Crippen molar-refractivity contribution in [3.63, 3.8) is 0 Å². The second-order valence-electron chi connectivity index (χ2n) is 13.8. The smallest absolute Gasteiger partial charge is 0.166 e. The maximum absolute atomic E-state index is 7.77. The van der Waals surface area contributed by atoms with Gasteiger partial charge in [0.1, 0.15) is 0 Å². The second-order valence-corrected chi connectivity index (χ2v) is 72.1. The Balaban J connectivity index is 2.39. The van der Waals surface area contributed by atoms with Crippen LogP contribution in [-0.4, -0.2) is 110 Å². The summed E-state index contributed by atoms with van der Waals surface area (Å²) in [6.45, 7) is 0.394. The van der Waals surface area contributed by atoms with Crippen LogP contribution in [0.3, 0.4) is 0 Å². The topological polar surface area (TPSA) is 55.4 Å². The highest BCUT2D eigenvalue weighted by atomic mass is 33.4. The van der Waals surface area contributed by atoms with E-state index < -0.39 is 43.1 Å². The van der Waals surface area contributed by atoms with E-state index in [2.05, 4.69) is 37.6 Å². The molecule has 0 aliphatic carbocycles. The van der Waals surface area contributed by atoms with Crippen molar-refractivity contribution in [3.8, 4) is 0 Å². The largest absolute Gasteiger partial charge is 0.375 e. The van der Waals surface area contributed by atoms with E-state index in [0.29, 0.717) is 32.3 Å². The maximum Gasteiger partial charge on any atom is 0.166 e. The van der Waals surface area contributed by atoms with Crippen LogP contribution in [-0.2, 0) is 446 Å². The Morgan fingerprint density at radius 1 is 0.325 bits per heavy atom. The molecule has 9 rings (SSSR count). The Hall–Kier alpha value is 8.49. The summed E-state index contributed by atoms with van der Waals surface area (Å²) in [5.41, 5.74) is 0. The minimum absolute atomic E-state index is 0.121. The van der Waals surface area contributed by atoms with Crippen LogP contribution in [0.2, 0.25) is 0 Å². The lowest BCUT2D eigenvalue weighted by molar-refractivity contribution is -0.320. The van der Waals surface area contributed by atoms with Gasteiger partial charge in [-0.2, -0.15) is 0 Å². The van der Waals surface area contributed by atoms with Crippen molar-refractivity contribution >= 4 is 478 Å². The maximum atomic E-state index is 7.77. The van der Waals surface area contributed by atoms with E-state index in [1.807, 2.05) is 5.37 Å². The van der Waals surface area contributed by atoms with Crippen LogP contribution in [0.5, 0.6) is 0 Å². The molecule has 0 radical (unpaired) electrons. The zero-order chi connectivity index (χ0) is 57.3. The summed E-state index contributed by atoms with van der Waals surface area (Å²) in [5, 5.41) is 19.7. The zero-order valence-corrected chi connectivity index (χ0v) is 75.0. The first-order valence-electron chi connectivity index (χ1n) is 20.4. The van der Waals surface area contributed by atoms with Crippen LogP contribution < -0.4 is 0 Å². The third-order valence-corrected chi connectivity index (χ3v) is 70.2. The molecule has 0 saturated carbocycles. The highest BCUT2D eigenvalue weighted by Gasteiger charge is 2.53. The molecule has 15 unspecified atom stereocenters. The summed E-state index contributed by atoms with van der Waals surface area (Å²) in [5.74, 6) is -1.37. The Kier molecular flexibility index (Phi) is 55.2. The average Bonchev–Trinajstić information content (AvgIpc) is 3.58. The quantitative estimate of drug-likeness (QED) is 0.253. The van der Waals surface area contributed by atoms with Crippen LogP contribution in [0.25, 0.3) is 0 Å². The van der Waals surface area contributed by atoms with Crippen LogP contribution >= 0.6 is 12.2 Å². The molecule has 9 aliphatic heterocycles. The third kappa shape index (κ3) is 32.5. The fourth-order valence-corrected chi connectivity index (χ4v) is 66.9. The molecular formula is C29H34O6S45. The van der Waals surface area contributed by atoms with E-state index >= 15 is 0 Å². The molecule has 6 nitrogen and oxygen atoms in total. The lowest BCUT2D eigenvalue weighted by atomic mass is 9.79. The fourth-order valence-electron chi connectivity index (χ4n) is 7.54. The predicted octanol–water partition coefficient (Wildman–Crippen LogP) is 0.336. The molecule has 51 heteroatoms. The molecule has 15 atom stereocenters. The molecular weight excluding hydrogens is 1890 g/mol. The van der Waals surface area contributed by atoms with E-state index in [0.717, 1.165) is 0 Å². The highest BCUT2D eigenvalue weighted by Crippen LogP contribution is 2.42. The number of thiocarbonyl (C=S) groups is 1. The molecule has 0 spiro atoms. The molecule has 6 bridgehead atoms. The minimum Gasteiger partial charge on any atom is -0.375 e. The number of hydrogen-bond acceptors (Lipinski definition) is 15. The molecule has 9 heterocycles. The van der Waals surface area contributed by atoms with Gasteiger partial charge in [0.05, 0.1) is 42.7 Å². The first-order valence-corrected chi connectivity index (χ1v) is 72.6. The van der Waals surface area contributed by atoms with Gasteiger partial charge >= 0.3 is 0 Å². The Morgan fingerprint density at radius 3 is 1.16 bits per heavy atom. The van der Waals surface area contributed by atoms with Gasteiger partial charge < -0.3 is 28.4 Å². The summed E-state index contributed by atoms with van der Waals surface area (Å²) in [7, 11) is 56.4. The van der Waals surface area contributed by atoms with Crippen molar-refractivity contribution in [1.29, 1.82) is 0 Å². The van der Waals surface area contributed by atoms with Crippen molar-refractivity contribution in [2.24, 2.45) is 35.5 Å². The summed E-state index contributed by atoms with van der Waals surface area (Å²) in [6, 6.07) is 0. The average molecular weight is 1920 g/mol. The SMILES string of the molecule is S=CCC1OC2OC3C(CC=S=S)OC(OC4C(CC=S=S=S)OC(CCOC1C(C=S=S=S=S)C2C=S=S=S=S=S)C(C=S=S=S=S=S=S=S=S=S)C4C=S=S=S=S=S=S=S=S)C(C=S=S=S=S=S=S=S)C3C=S=S=S=S=S=S. The van der Waals surface area contributed by atoms with Gasteiger partial charge in [0.2, 0.25) is 0 Å². The zero-order valence-electron chi connectivity index (χ0n) is 38.2. The van der Waals surface area contributed by atoms with Gasteiger partial charge in [-0.25, -0.2) is 0 Å². The van der Waals surface area contributed by atoms with Crippen molar-refractivity contribution in [2.45, 2.75) is 81.0 Å². The molecule has 9 fully saturated rings. The molecule has 80 heavy (non-hydrogen) atoms. The van der Waals surface area contributed by atoms with E-state index in [4.69, 9.17) is 130 Å². The second kappa shape index (κ2) is 54.6. The fraction of sp³-hybridized carbons (Fsp3) is 0.690. The van der Waals surface area contributed by atoms with Gasteiger partial charge in [-0.1, -0.05) is 91.5 Å². The normalized spacial score (nSPS) is 27.8. The predicted molar refractivity (Wildman–Crippen MR) is 471 cm³/mol. The number of ether oxygens (including phenoxy) is 6. The van der Waals surface area contributed by atoms with E-state index in [1.54, 1.807) is 234 Å². The minimum atomic E-state index is -0.749. The van der Waals surface area contributed by atoms with E-state index in [1.165, 1.54) is 99.7 Å². The molecule has 0 aromatic heterocycles. The molecule has 0 aromatic rings. The van der Waals surface area contributed by atoms with Gasteiger partial charge in [0.25, 0.3) is 0 Å². The van der Waals surface area contributed by atoms with Crippen molar-refractivity contribution in [2.75, 3.05) is 6.61 Å². The van der Waals surface area contributed by atoms with Crippen molar-refractivity contribution in [3.05, 3.63) is 0 Å². The molecule has 0 aromatic carbocycles. The Bertz CT molecular complexity index is 4020. The summed E-state index contributed by atoms with van der Waals surface area (Å²) >= 11 is 47.9. The van der Waals surface area contributed by atoms with E-state index in [-0.39, 0.29) is 47.7 Å². The van der Waals surface area contributed by atoms with Crippen LogP contribution in [0, 0.1) is 35.5 Å². The van der Waals surface area contributed by atoms with Gasteiger partial charge in [0.15, 0.2) is 12.6 Å². The van der Waals surface area contributed by atoms with Gasteiger partial charge in [-0.15, -0.1) is 0 Å². The lowest BCUT2D eigenvalue weighted by Crippen LogP contribution is -2.61.